The lowest BCUT2D eigenvalue weighted by Crippen LogP contribution is -2.31. The van der Waals surface area contributed by atoms with Crippen molar-refractivity contribution in [1.29, 1.82) is 0 Å². The number of hydrogen-bond acceptors (Lipinski definition) is 1. The fourth-order valence-electron chi connectivity index (χ4n) is 1.94. The van der Waals surface area contributed by atoms with Crippen molar-refractivity contribution in [2.75, 3.05) is 6.54 Å². The summed E-state index contributed by atoms with van der Waals surface area (Å²) in [5, 5.41) is 3.50. The topological polar surface area (TPSA) is 12.0 Å². The standard InChI is InChI=1S/C15H22FN/c1-4-6-15(17-9-5-2)11-13-7-8-14(16)10-12(13)3/h4,7-8,10,15,17H,1,5-6,9,11H2,2-3H3. The molecule has 0 aliphatic carbocycles. The van der Waals surface area contributed by atoms with Crippen LogP contribution in [0.25, 0.3) is 0 Å². The Morgan fingerprint density at radius 1 is 1.47 bits per heavy atom. The maximum absolute atomic E-state index is 13.0. The molecule has 1 N–H and O–H groups in total. The largest absolute Gasteiger partial charge is 0.313 e. The molecule has 0 spiro atoms. The first-order valence-corrected chi connectivity index (χ1v) is 6.26. The van der Waals surface area contributed by atoms with E-state index in [4.69, 9.17) is 0 Å². The van der Waals surface area contributed by atoms with E-state index in [0.717, 1.165) is 31.4 Å². The van der Waals surface area contributed by atoms with Crippen molar-refractivity contribution in [2.45, 2.75) is 39.2 Å². The van der Waals surface area contributed by atoms with Gasteiger partial charge < -0.3 is 5.32 Å². The van der Waals surface area contributed by atoms with Gasteiger partial charge in [-0.25, -0.2) is 4.39 Å². The number of hydrogen-bond donors (Lipinski definition) is 1. The number of aryl methyl sites for hydroxylation is 1. The Bertz CT molecular complexity index is 360. The lowest BCUT2D eigenvalue weighted by molar-refractivity contribution is 0.510. The van der Waals surface area contributed by atoms with Crippen LogP contribution in [0.5, 0.6) is 0 Å². The molecular formula is C15H22FN. The Kier molecular flexibility index (Phi) is 5.92. The quantitative estimate of drug-likeness (QED) is 0.712. The van der Waals surface area contributed by atoms with Gasteiger partial charge in [0.25, 0.3) is 0 Å². The van der Waals surface area contributed by atoms with E-state index in [1.54, 1.807) is 6.07 Å². The second-order valence-corrected chi connectivity index (χ2v) is 4.45. The van der Waals surface area contributed by atoms with Gasteiger partial charge in [-0.2, -0.15) is 0 Å². The van der Waals surface area contributed by atoms with Crippen LogP contribution in [0.15, 0.2) is 30.9 Å². The van der Waals surface area contributed by atoms with Crippen molar-refractivity contribution in [3.63, 3.8) is 0 Å². The van der Waals surface area contributed by atoms with Crippen LogP contribution in [0.4, 0.5) is 4.39 Å². The number of benzene rings is 1. The second-order valence-electron chi connectivity index (χ2n) is 4.45. The molecule has 1 aromatic rings. The summed E-state index contributed by atoms with van der Waals surface area (Å²) in [4.78, 5) is 0. The summed E-state index contributed by atoms with van der Waals surface area (Å²) in [7, 11) is 0. The summed E-state index contributed by atoms with van der Waals surface area (Å²) in [5.74, 6) is -0.159. The highest BCUT2D eigenvalue weighted by Gasteiger charge is 2.09. The lowest BCUT2D eigenvalue weighted by atomic mass is 9.99. The summed E-state index contributed by atoms with van der Waals surface area (Å²) in [6.07, 6.45) is 4.93. The average molecular weight is 235 g/mol. The van der Waals surface area contributed by atoms with Gasteiger partial charge in [-0.1, -0.05) is 19.1 Å². The van der Waals surface area contributed by atoms with E-state index in [1.165, 1.54) is 11.6 Å². The monoisotopic (exact) mass is 235 g/mol. The minimum atomic E-state index is -0.159. The normalized spacial score (nSPS) is 12.4. The van der Waals surface area contributed by atoms with E-state index in [1.807, 2.05) is 19.1 Å². The minimum absolute atomic E-state index is 0.159. The number of halogens is 1. The first kappa shape index (κ1) is 13.9. The SMILES string of the molecule is C=CCC(Cc1ccc(F)cc1C)NCCC. The molecule has 0 radical (unpaired) electrons. The maximum Gasteiger partial charge on any atom is 0.123 e. The Hall–Kier alpha value is -1.15. The molecule has 1 rings (SSSR count). The molecule has 94 valence electrons. The van der Waals surface area contributed by atoms with Crippen LogP contribution in [-0.2, 0) is 6.42 Å². The molecule has 17 heavy (non-hydrogen) atoms. The molecule has 0 saturated heterocycles. The van der Waals surface area contributed by atoms with Gasteiger partial charge in [0.15, 0.2) is 0 Å². The van der Waals surface area contributed by atoms with Crippen molar-refractivity contribution in [1.82, 2.24) is 5.32 Å². The first-order valence-electron chi connectivity index (χ1n) is 6.26. The van der Waals surface area contributed by atoms with Gasteiger partial charge in [0.1, 0.15) is 5.82 Å². The highest BCUT2D eigenvalue weighted by atomic mass is 19.1. The molecular weight excluding hydrogens is 213 g/mol. The Morgan fingerprint density at radius 2 is 2.24 bits per heavy atom. The smallest absolute Gasteiger partial charge is 0.123 e. The average Bonchev–Trinajstić information content (AvgIpc) is 2.29. The molecule has 0 fully saturated rings. The third kappa shape index (κ3) is 4.70. The summed E-state index contributed by atoms with van der Waals surface area (Å²) in [6.45, 7) is 8.91. The van der Waals surface area contributed by atoms with Crippen LogP contribution in [-0.4, -0.2) is 12.6 Å². The van der Waals surface area contributed by atoms with Crippen LogP contribution in [0.3, 0.4) is 0 Å². The predicted octanol–water partition coefficient (Wildman–Crippen LogP) is 3.62. The summed E-state index contributed by atoms with van der Waals surface area (Å²) >= 11 is 0. The number of nitrogens with one attached hydrogen (secondary N) is 1. The third-order valence-corrected chi connectivity index (χ3v) is 2.91. The highest BCUT2D eigenvalue weighted by molar-refractivity contribution is 5.27. The lowest BCUT2D eigenvalue weighted by Gasteiger charge is -2.18. The summed E-state index contributed by atoms with van der Waals surface area (Å²) in [5.41, 5.74) is 2.24. The first-order chi connectivity index (χ1) is 8.17. The summed E-state index contributed by atoms with van der Waals surface area (Å²) in [6, 6.07) is 5.42. The molecule has 1 unspecified atom stereocenters. The highest BCUT2D eigenvalue weighted by Crippen LogP contribution is 2.13. The Morgan fingerprint density at radius 3 is 2.82 bits per heavy atom. The zero-order chi connectivity index (χ0) is 12.7. The van der Waals surface area contributed by atoms with Crippen molar-refractivity contribution in [3.05, 3.63) is 47.8 Å². The molecule has 0 aliphatic rings. The van der Waals surface area contributed by atoms with Crippen LogP contribution < -0.4 is 5.32 Å². The molecule has 0 heterocycles. The maximum atomic E-state index is 13.0. The van der Waals surface area contributed by atoms with E-state index < -0.39 is 0 Å². The van der Waals surface area contributed by atoms with Crippen LogP contribution in [0.1, 0.15) is 30.9 Å². The van der Waals surface area contributed by atoms with Gasteiger partial charge in [0.05, 0.1) is 0 Å². The van der Waals surface area contributed by atoms with Gasteiger partial charge in [0.2, 0.25) is 0 Å². The third-order valence-electron chi connectivity index (χ3n) is 2.91. The van der Waals surface area contributed by atoms with E-state index in [9.17, 15) is 4.39 Å². The Balaban J connectivity index is 2.67. The van der Waals surface area contributed by atoms with E-state index in [-0.39, 0.29) is 5.82 Å². The second kappa shape index (κ2) is 7.23. The van der Waals surface area contributed by atoms with Crippen LogP contribution >= 0.6 is 0 Å². The molecule has 1 aromatic carbocycles. The number of rotatable bonds is 7. The van der Waals surface area contributed by atoms with Crippen molar-refractivity contribution in [3.8, 4) is 0 Å². The molecule has 0 saturated carbocycles. The van der Waals surface area contributed by atoms with Crippen molar-refractivity contribution < 1.29 is 4.39 Å². The van der Waals surface area contributed by atoms with Crippen LogP contribution in [0, 0.1) is 12.7 Å². The molecule has 1 atom stereocenters. The van der Waals surface area contributed by atoms with E-state index in [0.29, 0.717) is 6.04 Å². The fourth-order valence-corrected chi connectivity index (χ4v) is 1.94. The zero-order valence-corrected chi connectivity index (χ0v) is 10.8. The van der Waals surface area contributed by atoms with E-state index in [2.05, 4.69) is 18.8 Å². The van der Waals surface area contributed by atoms with Gasteiger partial charge >= 0.3 is 0 Å². The molecule has 0 aliphatic heterocycles. The Labute approximate surface area is 104 Å². The molecule has 0 bridgehead atoms. The molecule has 2 heteroatoms. The molecule has 0 aromatic heterocycles. The minimum Gasteiger partial charge on any atom is -0.313 e. The van der Waals surface area contributed by atoms with E-state index >= 15 is 0 Å². The van der Waals surface area contributed by atoms with Crippen LogP contribution in [0.2, 0.25) is 0 Å². The van der Waals surface area contributed by atoms with Gasteiger partial charge in [0, 0.05) is 6.04 Å². The fraction of sp³-hybridized carbons (Fsp3) is 0.467. The zero-order valence-electron chi connectivity index (χ0n) is 10.8. The van der Waals surface area contributed by atoms with Gasteiger partial charge in [-0.3, -0.25) is 0 Å². The van der Waals surface area contributed by atoms with Gasteiger partial charge in [-0.15, -0.1) is 6.58 Å². The molecule has 1 nitrogen and oxygen atoms in total. The molecule has 0 amide bonds. The van der Waals surface area contributed by atoms with Crippen molar-refractivity contribution in [2.24, 2.45) is 0 Å². The van der Waals surface area contributed by atoms with Crippen molar-refractivity contribution >= 4 is 0 Å². The predicted molar refractivity (Wildman–Crippen MR) is 71.7 cm³/mol. The summed E-state index contributed by atoms with van der Waals surface area (Å²) < 4.78 is 13.0. The van der Waals surface area contributed by atoms with Gasteiger partial charge in [-0.05, 0) is 56.0 Å².